The molecule has 0 amide bonds. The van der Waals surface area contributed by atoms with Gasteiger partial charge in [0.15, 0.2) is 0 Å². The molecule has 1 aromatic heterocycles. The van der Waals surface area contributed by atoms with E-state index in [2.05, 4.69) is 20.9 Å². The molecule has 2 rings (SSSR count). The molecule has 4 heteroatoms. The number of aromatic nitrogens is 2. The SMILES string of the molecule is Cn1cncc1-c1cc(Cl)cc(Br)c1. The Balaban J connectivity index is 2.57. The number of hydrogen-bond acceptors (Lipinski definition) is 1. The molecule has 1 aromatic carbocycles. The number of nitrogens with zero attached hydrogens (tertiary/aromatic N) is 2. The van der Waals surface area contributed by atoms with E-state index in [1.54, 1.807) is 6.33 Å². The minimum Gasteiger partial charge on any atom is -0.334 e. The van der Waals surface area contributed by atoms with E-state index in [0.717, 1.165) is 20.8 Å². The molecule has 14 heavy (non-hydrogen) atoms. The summed E-state index contributed by atoms with van der Waals surface area (Å²) in [4.78, 5) is 4.06. The van der Waals surface area contributed by atoms with Gasteiger partial charge in [0.05, 0.1) is 18.2 Å². The lowest BCUT2D eigenvalue weighted by molar-refractivity contribution is 0.921. The lowest BCUT2D eigenvalue weighted by Crippen LogP contribution is -1.89. The van der Waals surface area contributed by atoms with Gasteiger partial charge in [0.25, 0.3) is 0 Å². The van der Waals surface area contributed by atoms with Crippen LogP contribution in [0.3, 0.4) is 0 Å². The number of halogens is 2. The van der Waals surface area contributed by atoms with Crippen LogP contribution in [0.2, 0.25) is 5.02 Å². The van der Waals surface area contributed by atoms with E-state index in [1.165, 1.54) is 0 Å². The van der Waals surface area contributed by atoms with Gasteiger partial charge in [-0.1, -0.05) is 27.5 Å². The summed E-state index contributed by atoms with van der Waals surface area (Å²) in [6.07, 6.45) is 3.59. The number of imidazole rings is 1. The van der Waals surface area contributed by atoms with Crippen LogP contribution in [-0.4, -0.2) is 9.55 Å². The van der Waals surface area contributed by atoms with Gasteiger partial charge in [0.2, 0.25) is 0 Å². The first kappa shape index (κ1) is 9.74. The summed E-state index contributed by atoms with van der Waals surface area (Å²) < 4.78 is 2.93. The van der Waals surface area contributed by atoms with Gasteiger partial charge < -0.3 is 4.57 Å². The average molecular weight is 272 g/mol. The van der Waals surface area contributed by atoms with Crippen LogP contribution in [0, 0.1) is 0 Å². The Hall–Kier alpha value is -0.800. The molecule has 2 nitrogen and oxygen atoms in total. The molecule has 0 bridgehead atoms. The van der Waals surface area contributed by atoms with Crippen LogP contribution in [0.4, 0.5) is 0 Å². The van der Waals surface area contributed by atoms with E-state index in [9.17, 15) is 0 Å². The Morgan fingerprint density at radius 1 is 1.36 bits per heavy atom. The molecule has 1 heterocycles. The molecule has 0 spiro atoms. The predicted molar refractivity (Wildman–Crippen MR) is 61.4 cm³/mol. The third-order valence-corrected chi connectivity index (χ3v) is 2.65. The summed E-state index contributed by atoms with van der Waals surface area (Å²) in [5, 5.41) is 0.718. The molecule has 0 aliphatic rings. The minimum atomic E-state index is 0.718. The fourth-order valence-corrected chi connectivity index (χ4v) is 2.20. The van der Waals surface area contributed by atoms with Crippen LogP contribution in [0.1, 0.15) is 0 Å². The van der Waals surface area contributed by atoms with Crippen LogP contribution in [-0.2, 0) is 7.05 Å². The molecular weight excluding hydrogens is 263 g/mol. The van der Waals surface area contributed by atoms with Crippen LogP contribution in [0.15, 0.2) is 35.2 Å². The zero-order chi connectivity index (χ0) is 10.1. The fraction of sp³-hybridized carbons (Fsp3) is 0.100. The third-order valence-electron chi connectivity index (χ3n) is 1.98. The quantitative estimate of drug-likeness (QED) is 0.776. The highest BCUT2D eigenvalue weighted by atomic mass is 79.9. The molecule has 0 atom stereocenters. The summed E-state index contributed by atoms with van der Waals surface area (Å²) in [7, 11) is 1.96. The number of rotatable bonds is 1. The highest BCUT2D eigenvalue weighted by Crippen LogP contribution is 2.26. The van der Waals surface area contributed by atoms with Gasteiger partial charge in [-0.15, -0.1) is 0 Å². The van der Waals surface area contributed by atoms with Crippen molar-refractivity contribution in [1.29, 1.82) is 0 Å². The molecule has 0 N–H and O–H groups in total. The number of benzene rings is 1. The summed E-state index contributed by atoms with van der Waals surface area (Å²) >= 11 is 9.37. The fourth-order valence-electron chi connectivity index (χ4n) is 1.34. The van der Waals surface area contributed by atoms with Crippen LogP contribution >= 0.6 is 27.5 Å². The van der Waals surface area contributed by atoms with Crippen molar-refractivity contribution in [2.45, 2.75) is 0 Å². The molecule has 0 aliphatic heterocycles. The van der Waals surface area contributed by atoms with E-state index in [4.69, 9.17) is 11.6 Å². The molecule has 0 fully saturated rings. The second-order valence-electron chi connectivity index (χ2n) is 3.05. The smallest absolute Gasteiger partial charge is 0.0948 e. The second kappa shape index (κ2) is 3.75. The lowest BCUT2D eigenvalue weighted by atomic mass is 10.2. The Kier molecular flexibility index (Phi) is 2.61. The molecule has 0 saturated heterocycles. The van der Waals surface area contributed by atoms with E-state index in [1.807, 2.05) is 36.0 Å². The molecule has 0 saturated carbocycles. The van der Waals surface area contributed by atoms with Gasteiger partial charge in [0, 0.05) is 22.1 Å². The van der Waals surface area contributed by atoms with Crippen LogP contribution in [0.25, 0.3) is 11.3 Å². The summed E-state index contributed by atoms with van der Waals surface area (Å²) in [6.45, 7) is 0. The second-order valence-corrected chi connectivity index (χ2v) is 4.40. The van der Waals surface area contributed by atoms with E-state index < -0.39 is 0 Å². The highest BCUT2D eigenvalue weighted by Gasteiger charge is 2.04. The van der Waals surface area contributed by atoms with Crippen LogP contribution < -0.4 is 0 Å². The summed E-state index contributed by atoms with van der Waals surface area (Å²) in [5.41, 5.74) is 2.11. The maximum absolute atomic E-state index is 5.96. The van der Waals surface area contributed by atoms with E-state index in [-0.39, 0.29) is 0 Å². The first-order chi connectivity index (χ1) is 6.66. The van der Waals surface area contributed by atoms with Crippen molar-refractivity contribution in [1.82, 2.24) is 9.55 Å². The van der Waals surface area contributed by atoms with E-state index >= 15 is 0 Å². The molecule has 72 valence electrons. The molecular formula is C10H8BrClN2. The minimum absolute atomic E-state index is 0.718. The maximum Gasteiger partial charge on any atom is 0.0948 e. The normalized spacial score (nSPS) is 10.5. The highest BCUT2D eigenvalue weighted by molar-refractivity contribution is 9.10. The monoisotopic (exact) mass is 270 g/mol. The van der Waals surface area contributed by atoms with Gasteiger partial charge in [-0.25, -0.2) is 4.98 Å². The third kappa shape index (κ3) is 1.83. The van der Waals surface area contributed by atoms with Crippen molar-refractivity contribution < 1.29 is 0 Å². The van der Waals surface area contributed by atoms with Crippen molar-refractivity contribution in [3.8, 4) is 11.3 Å². The Bertz CT molecular complexity index is 445. The molecule has 0 radical (unpaired) electrons. The van der Waals surface area contributed by atoms with Gasteiger partial charge in [-0.2, -0.15) is 0 Å². The first-order valence-corrected chi connectivity index (χ1v) is 5.27. The largest absolute Gasteiger partial charge is 0.334 e. The predicted octanol–water partition coefficient (Wildman–Crippen LogP) is 3.50. The van der Waals surface area contributed by atoms with Gasteiger partial charge in [-0.3, -0.25) is 0 Å². The Labute approximate surface area is 95.7 Å². The molecule has 0 unspecified atom stereocenters. The van der Waals surface area contributed by atoms with Crippen molar-refractivity contribution >= 4 is 27.5 Å². The molecule has 2 aromatic rings. The van der Waals surface area contributed by atoms with Gasteiger partial charge >= 0.3 is 0 Å². The zero-order valence-corrected chi connectivity index (χ0v) is 9.88. The molecule has 0 aliphatic carbocycles. The zero-order valence-electron chi connectivity index (χ0n) is 7.54. The first-order valence-electron chi connectivity index (χ1n) is 4.09. The average Bonchev–Trinajstić information content (AvgIpc) is 2.49. The summed E-state index contributed by atoms with van der Waals surface area (Å²) in [5.74, 6) is 0. The van der Waals surface area contributed by atoms with Crippen LogP contribution in [0.5, 0.6) is 0 Å². The van der Waals surface area contributed by atoms with Crippen molar-refractivity contribution in [3.63, 3.8) is 0 Å². The number of aryl methyl sites for hydroxylation is 1. The lowest BCUT2D eigenvalue weighted by Gasteiger charge is -2.03. The number of hydrogen-bond donors (Lipinski definition) is 0. The van der Waals surface area contributed by atoms with Gasteiger partial charge in [-0.05, 0) is 18.2 Å². The summed E-state index contributed by atoms with van der Waals surface area (Å²) in [6, 6.07) is 5.80. The Morgan fingerprint density at radius 2 is 2.14 bits per heavy atom. The standard InChI is InChI=1S/C10H8BrClN2/c1-14-6-13-5-10(14)7-2-8(11)4-9(12)3-7/h2-6H,1H3. The van der Waals surface area contributed by atoms with E-state index in [0.29, 0.717) is 0 Å². The topological polar surface area (TPSA) is 17.8 Å². The maximum atomic E-state index is 5.96. The Morgan fingerprint density at radius 3 is 2.71 bits per heavy atom. The van der Waals surface area contributed by atoms with Crippen molar-refractivity contribution in [2.24, 2.45) is 7.05 Å². The van der Waals surface area contributed by atoms with Crippen molar-refractivity contribution in [3.05, 3.63) is 40.2 Å². The van der Waals surface area contributed by atoms with Gasteiger partial charge in [0.1, 0.15) is 0 Å². The van der Waals surface area contributed by atoms with Crippen molar-refractivity contribution in [2.75, 3.05) is 0 Å².